The van der Waals surface area contributed by atoms with Crippen LogP contribution in [0, 0.1) is 5.92 Å². The average Bonchev–Trinajstić information content (AvgIpc) is 3.32. The van der Waals surface area contributed by atoms with E-state index in [-0.39, 0.29) is 11.8 Å². The van der Waals surface area contributed by atoms with Gasteiger partial charge in [-0.05, 0) is 52.2 Å². The van der Waals surface area contributed by atoms with Crippen molar-refractivity contribution in [2.45, 2.75) is 11.0 Å². The van der Waals surface area contributed by atoms with Crippen molar-refractivity contribution >= 4 is 62.6 Å². The third kappa shape index (κ3) is 4.05. The molecule has 2 aromatic rings. The Bertz CT molecular complexity index is 871. The van der Waals surface area contributed by atoms with Gasteiger partial charge in [0.1, 0.15) is 5.92 Å². The molecule has 0 aliphatic carbocycles. The highest BCUT2D eigenvalue weighted by molar-refractivity contribution is 9.10. The number of benzene rings is 2. The number of carbonyl (C=O) groups excluding carboxylic acids is 2. The molecule has 0 spiro atoms. The fourth-order valence-corrected chi connectivity index (χ4v) is 6.71. The second-order valence-corrected chi connectivity index (χ2v) is 10.0. The van der Waals surface area contributed by atoms with Crippen LogP contribution in [0.4, 0.5) is 11.4 Å². The van der Waals surface area contributed by atoms with Gasteiger partial charge in [0, 0.05) is 28.2 Å². The summed E-state index contributed by atoms with van der Waals surface area (Å²) >= 11 is 7.35. The average molecular weight is 463 g/mol. The first-order chi connectivity index (χ1) is 13.1. The van der Waals surface area contributed by atoms with E-state index >= 15 is 0 Å². The molecule has 7 heteroatoms. The number of rotatable bonds is 4. The molecule has 27 heavy (non-hydrogen) atoms. The molecule has 2 aliphatic heterocycles. The fourth-order valence-electron chi connectivity index (χ4n) is 3.38. The normalized spacial score (nSPS) is 20.3. The third-order valence-electron chi connectivity index (χ3n) is 4.71. The zero-order chi connectivity index (χ0) is 18.8. The highest BCUT2D eigenvalue weighted by Gasteiger charge is 2.38. The summed E-state index contributed by atoms with van der Waals surface area (Å²) in [5.41, 5.74) is 2.79. The molecule has 2 aromatic carbocycles. The van der Waals surface area contributed by atoms with Crippen molar-refractivity contribution in [2.24, 2.45) is 5.92 Å². The maximum Gasteiger partial charge on any atom is 0.239 e. The van der Waals surface area contributed by atoms with Gasteiger partial charge < -0.3 is 10.2 Å². The van der Waals surface area contributed by atoms with Crippen LogP contribution in [0.5, 0.6) is 0 Å². The van der Waals surface area contributed by atoms with Gasteiger partial charge in [-0.3, -0.25) is 9.59 Å². The molecule has 1 atom stereocenters. The van der Waals surface area contributed by atoms with Crippen molar-refractivity contribution in [3.63, 3.8) is 0 Å². The Kier molecular flexibility index (Phi) is 5.80. The number of thioether (sulfide) groups is 2. The zero-order valence-corrected chi connectivity index (χ0v) is 17.8. The van der Waals surface area contributed by atoms with Crippen molar-refractivity contribution in [3.05, 3.63) is 58.6 Å². The first kappa shape index (κ1) is 18.9. The van der Waals surface area contributed by atoms with Crippen LogP contribution in [0.2, 0.25) is 0 Å². The molecule has 0 aromatic heterocycles. The summed E-state index contributed by atoms with van der Waals surface area (Å²) in [5.74, 6) is 1.31. The van der Waals surface area contributed by atoms with E-state index in [1.165, 1.54) is 5.56 Å². The van der Waals surface area contributed by atoms with Crippen molar-refractivity contribution in [1.29, 1.82) is 0 Å². The number of amides is 2. The van der Waals surface area contributed by atoms with E-state index in [0.717, 1.165) is 27.4 Å². The van der Waals surface area contributed by atoms with Crippen molar-refractivity contribution in [1.82, 2.24) is 0 Å². The quantitative estimate of drug-likeness (QED) is 0.655. The molecule has 1 unspecified atom stereocenters. The molecule has 1 N–H and O–H groups in total. The predicted molar refractivity (Wildman–Crippen MR) is 117 cm³/mol. The molecule has 2 heterocycles. The summed E-state index contributed by atoms with van der Waals surface area (Å²) < 4.78 is 1.29. The molecule has 2 aliphatic rings. The summed E-state index contributed by atoms with van der Waals surface area (Å²) in [7, 11) is 0. The van der Waals surface area contributed by atoms with Gasteiger partial charge in [-0.15, -0.1) is 23.5 Å². The minimum Gasteiger partial charge on any atom is -0.325 e. The number of nitrogens with one attached hydrogen (secondary N) is 1. The van der Waals surface area contributed by atoms with Crippen LogP contribution in [0.15, 0.2) is 53.0 Å². The number of anilines is 2. The molecule has 2 amide bonds. The largest absolute Gasteiger partial charge is 0.325 e. The molecule has 2 saturated heterocycles. The minimum absolute atomic E-state index is 0.141. The molecular weight excluding hydrogens is 444 g/mol. The number of para-hydroxylation sites is 1. The van der Waals surface area contributed by atoms with Gasteiger partial charge in [0.2, 0.25) is 11.8 Å². The van der Waals surface area contributed by atoms with Crippen molar-refractivity contribution in [2.75, 3.05) is 28.3 Å². The van der Waals surface area contributed by atoms with Gasteiger partial charge in [0.05, 0.1) is 10.3 Å². The summed E-state index contributed by atoms with van der Waals surface area (Å²) in [5, 5.41) is 2.95. The lowest BCUT2D eigenvalue weighted by Crippen LogP contribution is -2.33. The highest BCUT2D eigenvalue weighted by atomic mass is 79.9. The van der Waals surface area contributed by atoms with Crippen LogP contribution >= 0.6 is 39.5 Å². The molecule has 4 nitrogen and oxygen atoms in total. The first-order valence-corrected chi connectivity index (χ1v) is 11.7. The maximum atomic E-state index is 12.8. The van der Waals surface area contributed by atoms with Gasteiger partial charge >= 0.3 is 0 Å². The van der Waals surface area contributed by atoms with Crippen molar-refractivity contribution in [3.8, 4) is 0 Å². The molecule has 0 bridgehead atoms. The van der Waals surface area contributed by atoms with Crippen LogP contribution in [0.1, 0.15) is 16.6 Å². The Hall–Kier alpha value is -1.44. The van der Waals surface area contributed by atoms with E-state index < -0.39 is 5.92 Å². The van der Waals surface area contributed by atoms with Crippen LogP contribution in [0.3, 0.4) is 0 Å². The van der Waals surface area contributed by atoms with Gasteiger partial charge in [-0.2, -0.15) is 0 Å². The first-order valence-electron chi connectivity index (χ1n) is 8.83. The van der Waals surface area contributed by atoms with Gasteiger partial charge in [-0.1, -0.05) is 24.3 Å². The summed E-state index contributed by atoms with van der Waals surface area (Å²) in [4.78, 5) is 27.2. The number of nitrogens with zero attached hydrogens (tertiary/aromatic N) is 1. The number of hydrogen-bond acceptors (Lipinski definition) is 4. The van der Waals surface area contributed by atoms with Gasteiger partial charge in [0.25, 0.3) is 0 Å². The summed E-state index contributed by atoms with van der Waals surface area (Å²) in [6.07, 6.45) is 0.528. The summed E-state index contributed by atoms with van der Waals surface area (Å²) in [6.45, 7) is 0.551. The molecule has 0 radical (unpaired) electrons. The van der Waals surface area contributed by atoms with E-state index in [4.69, 9.17) is 0 Å². The van der Waals surface area contributed by atoms with Crippen LogP contribution in [-0.2, 0) is 9.59 Å². The van der Waals surface area contributed by atoms with Gasteiger partial charge in [-0.25, -0.2) is 0 Å². The van der Waals surface area contributed by atoms with Crippen LogP contribution < -0.4 is 10.2 Å². The van der Waals surface area contributed by atoms with E-state index in [9.17, 15) is 9.59 Å². The van der Waals surface area contributed by atoms with Crippen LogP contribution in [-0.4, -0.2) is 29.9 Å². The molecular formula is C20H19BrN2O2S2. The Morgan fingerprint density at radius 1 is 1.11 bits per heavy atom. The second kappa shape index (κ2) is 8.29. The van der Waals surface area contributed by atoms with Crippen LogP contribution in [0.25, 0.3) is 0 Å². The van der Waals surface area contributed by atoms with Crippen molar-refractivity contribution < 1.29 is 9.59 Å². The van der Waals surface area contributed by atoms with E-state index in [2.05, 4.69) is 27.3 Å². The molecule has 0 saturated carbocycles. The third-order valence-corrected chi connectivity index (χ3v) is 8.49. The maximum absolute atomic E-state index is 12.8. The summed E-state index contributed by atoms with van der Waals surface area (Å²) in [6, 6.07) is 15.6. The fraction of sp³-hybridized carbons (Fsp3) is 0.300. The van der Waals surface area contributed by atoms with Gasteiger partial charge in [0.15, 0.2) is 0 Å². The SMILES string of the molecule is O=C(Nc1cccc(C2SCCS2)c1)C1CCN(c2ccccc2Br)C1=O. The Morgan fingerprint density at radius 3 is 2.67 bits per heavy atom. The standard InChI is InChI=1S/C20H19BrN2O2S2/c21-16-6-1-2-7-17(16)23-9-8-15(19(23)25)18(24)22-14-5-3-4-13(12-14)20-26-10-11-27-20/h1-7,12,15,20H,8-11H2,(H,22,24). The molecule has 4 rings (SSSR count). The topological polar surface area (TPSA) is 49.4 Å². The lowest BCUT2D eigenvalue weighted by Gasteiger charge is -2.18. The van der Waals surface area contributed by atoms with E-state index in [1.807, 2.05) is 66.0 Å². The minimum atomic E-state index is -0.643. The monoisotopic (exact) mass is 462 g/mol. The lowest BCUT2D eigenvalue weighted by molar-refractivity contribution is -0.129. The number of halogens is 1. The number of hydrogen-bond donors (Lipinski definition) is 1. The van der Waals surface area contributed by atoms with E-state index in [0.29, 0.717) is 17.5 Å². The highest BCUT2D eigenvalue weighted by Crippen LogP contribution is 2.45. The smallest absolute Gasteiger partial charge is 0.239 e. The molecule has 2 fully saturated rings. The Morgan fingerprint density at radius 2 is 1.89 bits per heavy atom. The Balaban J connectivity index is 1.45. The number of carbonyl (C=O) groups is 2. The lowest BCUT2D eigenvalue weighted by atomic mass is 10.1. The predicted octanol–water partition coefficient (Wildman–Crippen LogP) is 4.92. The zero-order valence-electron chi connectivity index (χ0n) is 14.6. The van der Waals surface area contributed by atoms with E-state index in [1.54, 1.807) is 4.90 Å². The Labute approximate surface area is 175 Å². The second-order valence-electron chi connectivity index (χ2n) is 6.47. The molecule has 140 valence electrons.